The lowest BCUT2D eigenvalue weighted by Crippen LogP contribution is -2.43. The molecule has 4 nitrogen and oxygen atoms in total. The first kappa shape index (κ1) is 14.5. The van der Waals surface area contributed by atoms with Crippen LogP contribution in [0.1, 0.15) is 26.3 Å². The molecule has 1 unspecified atom stereocenters. The molecule has 0 spiro atoms. The zero-order valence-electron chi connectivity index (χ0n) is 12.5. The van der Waals surface area contributed by atoms with Crippen LogP contribution in [0.3, 0.4) is 0 Å². The molecule has 0 saturated carbocycles. The Morgan fingerprint density at radius 2 is 1.45 bits per heavy atom. The molecule has 0 aliphatic carbocycles. The summed E-state index contributed by atoms with van der Waals surface area (Å²) in [6, 6.07) is 17.1. The quantitative estimate of drug-likeness (QED) is 0.859. The fourth-order valence-corrected chi connectivity index (χ4v) is 2.78. The van der Waals surface area contributed by atoms with Crippen molar-refractivity contribution >= 4 is 11.8 Å². The Balaban J connectivity index is 1.75. The summed E-state index contributed by atoms with van der Waals surface area (Å²) in [5, 5.41) is 3.20. The Morgan fingerprint density at radius 3 is 2.00 bits per heavy atom. The van der Waals surface area contributed by atoms with Crippen LogP contribution < -0.4 is 5.32 Å². The number of benzene rings is 2. The average molecular weight is 294 g/mol. The minimum Gasteiger partial charge on any atom is -0.315 e. The third-order valence-corrected chi connectivity index (χ3v) is 4.01. The van der Waals surface area contributed by atoms with Crippen LogP contribution in [0.25, 0.3) is 0 Å². The van der Waals surface area contributed by atoms with Crippen LogP contribution in [-0.2, 0) is 6.42 Å². The van der Waals surface area contributed by atoms with E-state index in [4.69, 9.17) is 0 Å². The number of nitrogens with one attached hydrogen (secondary N) is 1. The van der Waals surface area contributed by atoms with Gasteiger partial charge >= 0.3 is 0 Å². The molecule has 1 atom stereocenters. The molecule has 4 heteroatoms. The Hall–Kier alpha value is -2.46. The molecular weight excluding hydrogens is 276 g/mol. The maximum absolute atomic E-state index is 12.4. The van der Waals surface area contributed by atoms with Crippen LogP contribution in [0, 0.1) is 0 Å². The Morgan fingerprint density at radius 1 is 0.909 bits per heavy atom. The first-order valence-corrected chi connectivity index (χ1v) is 7.37. The molecule has 0 fully saturated rings. The standard InChI is InChI=1S/C18H18N2O2/c1-19-14(11-13-7-3-2-4-8-13)12-20-17(21)15-9-5-6-10-16(15)18(20)22/h2-10,14,19H,11-12H2,1H3. The number of likely N-dealkylation sites (N-methyl/N-ethyl adjacent to an activating group) is 1. The molecule has 1 aliphatic heterocycles. The normalized spacial score (nSPS) is 15.0. The van der Waals surface area contributed by atoms with E-state index in [1.807, 2.05) is 37.4 Å². The van der Waals surface area contributed by atoms with E-state index in [9.17, 15) is 9.59 Å². The van der Waals surface area contributed by atoms with Gasteiger partial charge in [0, 0.05) is 12.6 Å². The van der Waals surface area contributed by atoms with Crippen LogP contribution >= 0.6 is 0 Å². The highest BCUT2D eigenvalue weighted by Crippen LogP contribution is 2.22. The van der Waals surface area contributed by atoms with Crippen molar-refractivity contribution in [2.75, 3.05) is 13.6 Å². The molecule has 0 aromatic heterocycles. The number of carbonyl (C=O) groups excluding carboxylic acids is 2. The van der Waals surface area contributed by atoms with E-state index in [1.165, 1.54) is 10.5 Å². The lowest BCUT2D eigenvalue weighted by Gasteiger charge is -2.22. The summed E-state index contributed by atoms with van der Waals surface area (Å²) in [5.74, 6) is -0.400. The minimum atomic E-state index is -0.200. The molecule has 1 N–H and O–H groups in total. The van der Waals surface area contributed by atoms with Crippen molar-refractivity contribution in [3.8, 4) is 0 Å². The number of nitrogens with zero attached hydrogens (tertiary/aromatic N) is 1. The fraction of sp³-hybridized carbons (Fsp3) is 0.222. The van der Waals surface area contributed by atoms with E-state index in [-0.39, 0.29) is 17.9 Å². The highest BCUT2D eigenvalue weighted by atomic mass is 16.2. The van der Waals surface area contributed by atoms with Gasteiger partial charge in [0.15, 0.2) is 0 Å². The van der Waals surface area contributed by atoms with Gasteiger partial charge in [0.2, 0.25) is 0 Å². The molecule has 0 radical (unpaired) electrons. The molecule has 2 amide bonds. The van der Waals surface area contributed by atoms with Gasteiger partial charge in [0.25, 0.3) is 11.8 Å². The van der Waals surface area contributed by atoms with E-state index in [0.29, 0.717) is 17.7 Å². The summed E-state index contributed by atoms with van der Waals surface area (Å²) >= 11 is 0. The van der Waals surface area contributed by atoms with Gasteiger partial charge in [-0.15, -0.1) is 0 Å². The molecule has 22 heavy (non-hydrogen) atoms. The van der Waals surface area contributed by atoms with Gasteiger partial charge in [-0.25, -0.2) is 0 Å². The molecular formula is C18H18N2O2. The summed E-state index contributed by atoms with van der Waals surface area (Å²) < 4.78 is 0. The van der Waals surface area contributed by atoms with E-state index >= 15 is 0 Å². The van der Waals surface area contributed by atoms with Crippen LogP contribution in [0.15, 0.2) is 54.6 Å². The van der Waals surface area contributed by atoms with Crippen molar-refractivity contribution in [3.63, 3.8) is 0 Å². The van der Waals surface area contributed by atoms with E-state index < -0.39 is 0 Å². The number of rotatable bonds is 5. The number of fused-ring (bicyclic) bond motifs is 1. The highest BCUT2D eigenvalue weighted by Gasteiger charge is 2.36. The van der Waals surface area contributed by atoms with E-state index in [0.717, 1.165) is 6.42 Å². The largest absolute Gasteiger partial charge is 0.315 e. The van der Waals surface area contributed by atoms with Gasteiger partial charge in [0.1, 0.15) is 0 Å². The first-order chi connectivity index (χ1) is 10.7. The Bertz CT molecular complexity index is 662. The molecule has 1 heterocycles. The monoisotopic (exact) mass is 294 g/mol. The zero-order valence-corrected chi connectivity index (χ0v) is 12.5. The smallest absolute Gasteiger partial charge is 0.261 e. The second-order valence-electron chi connectivity index (χ2n) is 5.44. The molecule has 112 valence electrons. The van der Waals surface area contributed by atoms with Crippen molar-refractivity contribution in [2.24, 2.45) is 0 Å². The maximum Gasteiger partial charge on any atom is 0.261 e. The second-order valence-corrected chi connectivity index (χ2v) is 5.44. The summed E-state index contributed by atoms with van der Waals surface area (Å²) in [4.78, 5) is 26.1. The van der Waals surface area contributed by atoms with E-state index in [2.05, 4.69) is 5.32 Å². The van der Waals surface area contributed by atoms with Gasteiger partial charge in [-0.1, -0.05) is 42.5 Å². The average Bonchev–Trinajstić information content (AvgIpc) is 2.80. The van der Waals surface area contributed by atoms with Gasteiger partial charge < -0.3 is 5.32 Å². The zero-order chi connectivity index (χ0) is 15.5. The van der Waals surface area contributed by atoms with Gasteiger partial charge in [-0.3, -0.25) is 14.5 Å². The van der Waals surface area contributed by atoms with Gasteiger partial charge in [-0.05, 0) is 31.2 Å². The predicted molar refractivity (Wildman–Crippen MR) is 84.8 cm³/mol. The fourth-order valence-electron chi connectivity index (χ4n) is 2.78. The van der Waals surface area contributed by atoms with Crippen LogP contribution in [0.2, 0.25) is 0 Å². The number of amides is 2. The SMILES string of the molecule is CNC(Cc1ccccc1)CN1C(=O)c2ccccc2C1=O. The third-order valence-electron chi connectivity index (χ3n) is 4.01. The molecule has 2 aromatic carbocycles. The van der Waals surface area contributed by atoms with Crippen molar-refractivity contribution in [1.29, 1.82) is 0 Å². The predicted octanol–water partition coefficient (Wildman–Crippen LogP) is 2.11. The third kappa shape index (κ3) is 2.65. The number of hydrogen-bond acceptors (Lipinski definition) is 3. The van der Waals surface area contributed by atoms with Crippen molar-refractivity contribution in [3.05, 3.63) is 71.3 Å². The van der Waals surface area contributed by atoms with Crippen molar-refractivity contribution in [1.82, 2.24) is 10.2 Å². The summed E-state index contributed by atoms with van der Waals surface area (Å²) in [6.45, 7) is 0.373. The maximum atomic E-state index is 12.4. The van der Waals surface area contributed by atoms with Gasteiger partial charge in [-0.2, -0.15) is 0 Å². The lowest BCUT2D eigenvalue weighted by atomic mass is 10.1. The first-order valence-electron chi connectivity index (χ1n) is 7.37. The second kappa shape index (κ2) is 6.12. The summed E-state index contributed by atoms with van der Waals surface area (Å²) in [5.41, 5.74) is 2.18. The van der Waals surface area contributed by atoms with Gasteiger partial charge in [0.05, 0.1) is 11.1 Å². The molecule has 0 saturated heterocycles. The highest BCUT2D eigenvalue weighted by molar-refractivity contribution is 6.21. The summed E-state index contributed by atoms with van der Waals surface area (Å²) in [7, 11) is 1.85. The topological polar surface area (TPSA) is 49.4 Å². The Kier molecular flexibility index (Phi) is 4.02. The van der Waals surface area contributed by atoms with E-state index in [1.54, 1.807) is 24.3 Å². The number of carbonyl (C=O) groups is 2. The van der Waals surface area contributed by atoms with Crippen LogP contribution in [0.4, 0.5) is 0 Å². The van der Waals surface area contributed by atoms with Crippen LogP contribution in [0.5, 0.6) is 0 Å². The number of hydrogen-bond donors (Lipinski definition) is 1. The molecule has 2 aromatic rings. The molecule has 3 rings (SSSR count). The number of imide groups is 1. The van der Waals surface area contributed by atoms with Crippen molar-refractivity contribution in [2.45, 2.75) is 12.5 Å². The van der Waals surface area contributed by atoms with Crippen LogP contribution in [-0.4, -0.2) is 36.3 Å². The molecule has 0 bridgehead atoms. The molecule has 1 aliphatic rings. The minimum absolute atomic E-state index is 0.0320. The van der Waals surface area contributed by atoms with Crippen molar-refractivity contribution < 1.29 is 9.59 Å². The lowest BCUT2D eigenvalue weighted by molar-refractivity contribution is 0.0639. The summed E-state index contributed by atoms with van der Waals surface area (Å²) in [6.07, 6.45) is 0.769. The Labute approximate surface area is 129 Å².